The third-order valence-corrected chi connectivity index (χ3v) is 3.76. The maximum Gasteiger partial charge on any atom is 0.416 e. The fourth-order valence-electron chi connectivity index (χ4n) is 2.62. The molecular formula is C14H13F6NO2. The van der Waals surface area contributed by atoms with Crippen LogP contribution in [0.15, 0.2) is 18.2 Å². The zero-order valence-corrected chi connectivity index (χ0v) is 11.9. The molecule has 1 saturated heterocycles. The summed E-state index contributed by atoms with van der Waals surface area (Å²) in [4.78, 5) is 11.7. The van der Waals surface area contributed by atoms with Gasteiger partial charge in [-0.2, -0.15) is 26.3 Å². The molecule has 1 aromatic carbocycles. The number of ether oxygens (including phenoxy) is 1. The predicted molar refractivity (Wildman–Crippen MR) is 67.6 cm³/mol. The van der Waals surface area contributed by atoms with Crippen LogP contribution in [0.5, 0.6) is 0 Å². The lowest BCUT2D eigenvalue weighted by molar-refractivity contribution is -0.145. The standard InChI is InChI=1S/C14H13F6NO2/c1-23-12(22)11-6-21-5-10(11)7-2-8(13(15,16)17)4-9(3-7)14(18,19)20/h2-4,10-11,21H,5-6H2,1H3. The molecule has 2 unspecified atom stereocenters. The van der Waals surface area contributed by atoms with Gasteiger partial charge in [0.1, 0.15) is 0 Å². The third kappa shape index (κ3) is 3.77. The number of carbonyl (C=O) groups excluding carboxylic acids is 1. The summed E-state index contributed by atoms with van der Waals surface area (Å²) in [6, 6.07) is 1.38. The van der Waals surface area contributed by atoms with Gasteiger partial charge in [0.05, 0.1) is 24.2 Å². The van der Waals surface area contributed by atoms with Crippen LogP contribution in [0, 0.1) is 5.92 Å². The molecule has 1 fully saturated rings. The highest BCUT2D eigenvalue weighted by Gasteiger charge is 2.40. The van der Waals surface area contributed by atoms with Crippen molar-refractivity contribution in [1.82, 2.24) is 5.32 Å². The molecule has 3 nitrogen and oxygen atoms in total. The second kappa shape index (κ2) is 6.03. The van der Waals surface area contributed by atoms with Gasteiger partial charge in [-0.1, -0.05) is 0 Å². The average Bonchev–Trinajstić information content (AvgIpc) is 2.93. The second-order valence-corrected chi connectivity index (χ2v) is 5.23. The molecule has 2 rings (SSSR count). The average molecular weight is 341 g/mol. The lowest BCUT2D eigenvalue weighted by Gasteiger charge is -2.20. The zero-order valence-electron chi connectivity index (χ0n) is 11.9. The van der Waals surface area contributed by atoms with Crippen LogP contribution in [0.25, 0.3) is 0 Å². The molecule has 23 heavy (non-hydrogen) atoms. The smallest absolute Gasteiger partial charge is 0.416 e. The Bertz CT molecular complexity index is 564. The molecule has 0 amide bonds. The molecule has 0 aromatic heterocycles. The Morgan fingerprint density at radius 2 is 1.57 bits per heavy atom. The Balaban J connectivity index is 2.51. The van der Waals surface area contributed by atoms with Gasteiger partial charge in [0, 0.05) is 19.0 Å². The van der Waals surface area contributed by atoms with Gasteiger partial charge in [0.15, 0.2) is 0 Å². The molecule has 9 heteroatoms. The summed E-state index contributed by atoms with van der Waals surface area (Å²) >= 11 is 0. The summed E-state index contributed by atoms with van der Waals surface area (Å²) in [7, 11) is 1.12. The van der Waals surface area contributed by atoms with Gasteiger partial charge < -0.3 is 10.1 Å². The number of halogens is 6. The van der Waals surface area contributed by atoms with Crippen LogP contribution < -0.4 is 5.32 Å². The highest BCUT2D eigenvalue weighted by Crippen LogP contribution is 2.39. The quantitative estimate of drug-likeness (QED) is 0.663. The number of methoxy groups -OCH3 is 1. The summed E-state index contributed by atoms with van der Waals surface area (Å²) in [5.74, 6) is -2.32. The fourth-order valence-corrected chi connectivity index (χ4v) is 2.62. The number of esters is 1. The van der Waals surface area contributed by atoms with Crippen LogP contribution in [-0.2, 0) is 21.9 Å². The lowest BCUT2D eigenvalue weighted by atomic mass is 9.87. The van der Waals surface area contributed by atoms with E-state index in [1.807, 2.05) is 0 Å². The van der Waals surface area contributed by atoms with Gasteiger partial charge in [-0.15, -0.1) is 0 Å². The van der Waals surface area contributed by atoms with E-state index in [2.05, 4.69) is 10.1 Å². The summed E-state index contributed by atoms with van der Waals surface area (Å²) in [5.41, 5.74) is -2.97. The summed E-state index contributed by atoms with van der Waals surface area (Å²) in [5, 5.41) is 2.79. The molecule has 1 heterocycles. The first-order valence-electron chi connectivity index (χ1n) is 6.62. The van der Waals surface area contributed by atoms with Crippen molar-refractivity contribution >= 4 is 5.97 Å². The highest BCUT2D eigenvalue weighted by atomic mass is 19.4. The van der Waals surface area contributed by atoms with E-state index in [9.17, 15) is 31.1 Å². The highest BCUT2D eigenvalue weighted by molar-refractivity contribution is 5.74. The van der Waals surface area contributed by atoms with Crippen LogP contribution in [0.3, 0.4) is 0 Å². The zero-order chi connectivity index (χ0) is 17.4. The van der Waals surface area contributed by atoms with E-state index in [4.69, 9.17) is 0 Å². The fraction of sp³-hybridized carbons (Fsp3) is 0.500. The van der Waals surface area contributed by atoms with Crippen LogP contribution >= 0.6 is 0 Å². The lowest BCUT2D eigenvalue weighted by Crippen LogP contribution is -2.23. The van der Waals surface area contributed by atoms with Gasteiger partial charge in [0.2, 0.25) is 0 Å². The van der Waals surface area contributed by atoms with Crippen molar-refractivity contribution in [3.8, 4) is 0 Å². The second-order valence-electron chi connectivity index (χ2n) is 5.23. The molecule has 128 valence electrons. The number of carbonyl (C=O) groups is 1. The number of hydrogen-bond acceptors (Lipinski definition) is 3. The minimum Gasteiger partial charge on any atom is -0.469 e. The molecule has 0 bridgehead atoms. The predicted octanol–water partition coefficient (Wildman–Crippen LogP) is 3.20. The molecule has 1 aliphatic rings. The van der Waals surface area contributed by atoms with E-state index in [1.54, 1.807) is 0 Å². The van der Waals surface area contributed by atoms with Crippen molar-refractivity contribution in [3.05, 3.63) is 34.9 Å². The first kappa shape index (κ1) is 17.6. The molecule has 1 N–H and O–H groups in total. The van der Waals surface area contributed by atoms with E-state index in [0.29, 0.717) is 12.1 Å². The van der Waals surface area contributed by atoms with Crippen molar-refractivity contribution in [3.63, 3.8) is 0 Å². The number of hydrogen-bond donors (Lipinski definition) is 1. The normalized spacial score (nSPS) is 22.2. The van der Waals surface area contributed by atoms with E-state index in [1.165, 1.54) is 0 Å². The van der Waals surface area contributed by atoms with E-state index in [0.717, 1.165) is 7.11 Å². The van der Waals surface area contributed by atoms with E-state index in [-0.39, 0.29) is 24.7 Å². The Morgan fingerprint density at radius 3 is 2.00 bits per heavy atom. The van der Waals surface area contributed by atoms with Crippen molar-refractivity contribution in [2.45, 2.75) is 18.3 Å². The first-order valence-corrected chi connectivity index (χ1v) is 6.62. The van der Waals surface area contributed by atoms with Crippen molar-refractivity contribution < 1.29 is 35.9 Å². The van der Waals surface area contributed by atoms with Crippen LogP contribution in [0.4, 0.5) is 26.3 Å². The number of nitrogens with one attached hydrogen (secondary N) is 1. The van der Waals surface area contributed by atoms with Gasteiger partial charge in [-0.25, -0.2) is 0 Å². The number of benzene rings is 1. The minimum absolute atomic E-state index is 0.0685. The van der Waals surface area contributed by atoms with E-state index < -0.39 is 41.3 Å². The van der Waals surface area contributed by atoms with Crippen LogP contribution in [-0.4, -0.2) is 26.2 Å². The minimum atomic E-state index is -4.91. The van der Waals surface area contributed by atoms with Crippen molar-refractivity contribution in [2.75, 3.05) is 20.2 Å². The third-order valence-electron chi connectivity index (χ3n) is 3.76. The Labute approximate surface area is 127 Å². The molecule has 0 spiro atoms. The Kier molecular flexibility index (Phi) is 4.61. The molecule has 1 aliphatic heterocycles. The van der Waals surface area contributed by atoms with Crippen molar-refractivity contribution in [1.29, 1.82) is 0 Å². The summed E-state index contributed by atoms with van der Waals surface area (Å²) in [6.07, 6.45) is -9.83. The topological polar surface area (TPSA) is 38.3 Å². The monoisotopic (exact) mass is 341 g/mol. The van der Waals surface area contributed by atoms with Gasteiger partial charge in [-0.05, 0) is 23.8 Å². The molecule has 0 radical (unpaired) electrons. The van der Waals surface area contributed by atoms with E-state index >= 15 is 0 Å². The van der Waals surface area contributed by atoms with Crippen molar-refractivity contribution in [2.24, 2.45) is 5.92 Å². The number of alkyl halides is 6. The molecule has 1 aromatic rings. The molecule has 0 saturated carbocycles. The largest absolute Gasteiger partial charge is 0.469 e. The Hall–Kier alpha value is -1.77. The summed E-state index contributed by atoms with van der Waals surface area (Å²) in [6.45, 7) is 0.229. The molecular weight excluding hydrogens is 328 g/mol. The van der Waals surface area contributed by atoms with Gasteiger partial charge in [0.25, 0.3) is 0 Å². The maximum atomic E-state index is 12.9. The molecule has 0 aliphatic carbocycles. The maximum absolute atomic E-state index is 12.9. The Morgan fingerprint density at radius 1 is 1.04 bits per heavy atom. The molecule has 2 atom stereocenters. The SMILES string of the molecule is COC(=O)C1CNCC1c1cc(C(F)(F)F)cc(C(F)(F)F)c1. The van der Waals surface area contributed by atoms with Crippen LogP contribution in [0.2, 0.25) is 0 Å². The summed E-state index contributed by atoms with van der Waals surface area (Å²) < 4.78 is 81.8. The first-order chi connectivity index (χ1) is 10.5. The van der Waals surface area contributed by atoms with Gasteiger partial charge >= 0.3 is 18.3 Å². The number of rotatable bonds is 2. The van der Waals surface area contributed by atoms with Crippen LogP contribution in [0.1, 0.15) is 22.6 Å². The van der Waals surface area contributed by atoms with Gasteiger partial charge in [-0.3, -0.25) is 4.79 Å².